The van der Waals surface area contributed by atoms with E-state index in [0.29, 0.717) is 0 Å². The van der Waals surface area contributed by atoms with Gasteiger partial charge in [-0.25, -0.2) is 5.43 Å². The van der Waals surface area contributed by atoms with E-state index in [4.69, 9.17) is 5.84 Å². The molecule has 1 atom stereocenters. The topological polar surface area (TPSA) is 68.8 Å². The molecule has 96 valence electrons. The molecule has 18 heavy (non-hydrogen) atoms. The van der Waals surface area contributed by atoms with Gasteiger partial charge in [0.05, 0.1) is 11.7 Å². The fourth-order valence-corrected chi connectivity index (χ4v) is 2.19. The van der Waals surface area contributed by atoms with Crippen LogP contribution in [0.4, 0.5) is 0 Å². The summed E-state index contributed by atoms with van der Waals surface area (Å²) >= 11 is 0. The lowest BCUT2D eigenvalue weighted by molar-refractivity contribution is 0.625. The molecule has 0 aliphatic heterocycles. The fourth-order valence-electron chi connectivity index (χ4n) is 2.19. The molecule has 0 saturated heterocycles. The number of hydrogen-bond donors (Lipinski definition) is 2. The van der Waals surface area contributed by atoms with E-state index in [9.17, 15) is 0 Å². The van der Waals surface area contributed by atoms with E-state index >= 15 is 0 Å². The SMILES string of the molecule is CCc1nn(C)cc1C(NN)c1cnccc1C. The minimum absolute atomic E-state index is 0.0673. The lowest BCUT2D eigenvalue weighted by Gasteiger charge is -2.17. The van der Waals surface area contributed by atoms with Crippen LogP contribution in [-0.4, -0.2) is 14.8 Å². The van der Waals surface area contributed by atoms with Gasteiger partial charge in [-0.15, -0.1) is 0 Å². The highest BCUT2D eigenvalue weighted by Gasteiger charge is 2.20. The highest BCUT2D eigenvalue weighted by molar-refractivity contribution is 5.35. The van der Waals surface area contributed by atoms with Crippen molar-refractivity contribution in [3.8, 4) is 0 Å². The molecule has 0 bridgehead atoms. The number of hydrogen-bond acceptors (Lipinski definition) is 4. The highest BCUT2D eigenvalue weighted by Crippen LogP contribution is 2.25. The maximum Gasteiger partial charge on any atom is 0.0761 e. The number of hydrazine groups is 1. The maximum atomic E-state index is 5.72. The molecule has 0 aliphatic carbocycles. The van der Waals surface area contributed by atoms with Crippen molar-refractivity contribution in [1.82, 2.24) is 20.2 Å². The van der Waals surface area contributed by atoms with Crippen LogP contribution >= 0.6 is 0 Å². The van der Waals surface area contributed by atoms with Crippen LogP contribution in [0.1, 0.15) is 35.3 Å². The van der Waals surface area contributed by atoms with Gasteiger partial charge in [0.25, 0.3) is 0 Å². The summed E-state index contributed by atoms with van der Waals surface area (Å²) in [6.07, 6.45) is 6.53. The summed E-state index contributed by atoms with van der Waals surface area (Å²) in [7, 11) is 1.92. The van der Waals surface area contributed by atoms with Crippen LogP contribution in [-0.2, 0) is 13.5 Å². The van der Waals surface area contributed by atoms with E-state index in [0.717, 1.165) is 23.2 Å². The molecule has 0 saturated carbocycles. The van der Waals surface area contributed by atoms with Gasteiger partial charge in [-0.3, -0.25) is 15.5 Å². The Morgan fingerprint density at radius 2 is 2.22 bits per heavy atom. The lowest BCUT2D eigenvalue weighted by Crippen LogP contribution is -2.30. The second-order valence-corrected chi connectivity index (χ2v) is 4.39. The second-order valence-electron chi connectivity index (χ2n) is 4.39. The van der Waals surface area contributed by atoms with Gasteiger partial charge in [0.2, 0.25) is 0 Å². The van der Waals surface area contributed by atoms with E-state index in [1.165, 1.54) is 5.56 Å². The number of rotatable bonds is 4. The molecule has 0 aliphatic rings. The molecule has 2 rings (SSSR count). The van der Waals surface area contributed by atoms with Crippen molar-refractivity contribution in [2.24, 2.45) is 12.9 Å². The van der Waals surface area contributed by atoms with Gasteiger partial charge >= 0.3 is 0 Å². The largest absolute Gasteiger partial charge is 0.275 e. The van der Waals surface area contributed by atoms with Gasteiger partial charge in [0.1, 0.15) is 0 Å². The van der Waals surface area contributed by atoms with Gasteiger partial charge in [-0.05, 0) is 30.5 Å². The number of pyridine rings is 1. The maximum absolute atomic E-state index is 5.72. The molecule has 0 fully saturated rings. The van der Waals surface area contributed by atoms with Crippen molar-refractivity contribution in [2.45, 2.75) is 26.3 Å². The number of aryl methyl sites for hydroxylation is 3. The summed E-state index contributed by atoms with van der Waals surface area (Å²) in [5, 5.41) is 4.45. The van der Waals surface area contributed by atoms with Crippen molar-refractivity contribution < 1.29 is 0 Å². The first-order valence-corrected chi connectivity index (χ1v) is 6.06. The quantitative estimate of drug-likeness (QED) is 0.628. The molecule has 5 nitrogen and oxygen atoms in total. The van der Waals surface area contributed by atoms with E-state index in [2.05, 4.69) is 29.4 Å². The summed E-state index contributed by atoms with van der Waals surface area (Å²) in [5.74, 6) is 5.72. The van der Waals surface area contributed by atoms with Crippen molar-refractivity contribution >= 4 is 0 Å². The van der Waals surface area contributed by atoms with E-state index in [1.807, 2.05) is 30.2 Å². The minimum atomic E-state index is -0.0673. The van der Waals surface area contributed by atoms with Crippen molar-refractivity contribution in [3.05, 3.63) is 47.0 Å². The standard InChI is InChI=1S/C13H19N5/c1-4-12-11(8-18(3)17-12)13(16-14)10-7-15-6-5-9(10)2/h5-8,13,16H,4,14H2,1-3H3. The Balaban J connectivity index is 2.48. The predicted molar refractivity (Wildman–Crippen MR) is 70.7 cm³/mol. The van der Waals surface area contributed by atoms with Gasteiger partial charge < -0.3 is 0 Å². The Bertz CT molecular complexity index is 532. The zero-order valence-electron chi connectivity index (χ0n) is 11.0. The first kappa shape index (κ1) is 12.7. The van der Waals surface area contributed by atoms with Crippen LogP contribution in [0.2, 0.25) is 0 Å². The molecular formula is C13H19N5. The fraction of sp³-hybridized carbons (Fsp3) is 0.385. The summed E-state index contributed by atoms with van der Waals surface area (Å²) in [6, 6.07) is 1.92. The average Bonchev–Trinajstić information content (AvgIpc) is 2.74. The van der Waals surface area contributed by atoms with Crippen LogP contribution in [0.15, 0.2) is 24.7 Å². The Hall–Kier alpha value is -1.72. The smallest absolute Gasteiger partial charge is 0.0761 e. The molecule has 2 aromatic heterocycles. The van der Waals surface area contributed by atoms with Gasteiger partial charge in [-0.1, -0.05) is 6.92 Å². The molecule has 0 amide bonds. The molecule has 1 unspecified atom stereocenters. The first-order valence-electron chi connectivity index (χ1n) is 6.06. The van der Waals surface area contributed by atoms with Crippen molar-refractivity contribution in [1.29, 1.82) is 0 Å². The Kier molecular flexibility index (Phi) is 3.74. The van der Waals surface area contributed by atoms with Crippen LogP contribution in [0.5, 0.6) is 0 Å². The molecule has 2 aromatic rings. The Morgan fingerprint density at radius 1 is 1.44 bits per heavy atom. The third kappa shape index (κ3) is 2.27. The van der Waals surface area contributed by atoms with Crippen molar-refractivity contribution in [3.63, 3.8) is 0 Å². The summed E-state index contributed by atoms with van der Waals surface area (Å²) in [5.41, 5.74) is 7.29. The number of nitrogens with one attached hydrogen (secondary N) is 1. The van der Waals surface area contributed by atoms with Gasteiger partial charge in [0, 0.05) is 31.2 Å². The second kappa shape index (κ2) is 5.29. The highest BCUT2D eigenvalue weighted by atomic mass is 15.3. The van der Waals surface area contributed by atoms with Crippen LogP contribution < -0.4 is 11.3 Å². The molecule has 0 radical (unpaired) electrons. The summed E-state index contributed by atoms with van der Waals surface area (Å²) in [4.78, 5) is 4.18. The Labute approximate surface area is 107 Å². The molecule has 3 N–H and O–H groups in total. The molecule has 0 spiro atoms. The third-order valence-electron chi connectivity index (χ3n) is 3.14. The van der Waals surface area contributed by atoms with E-state index in [-0.39, 0.29) is 6.04 Å². The zero-order chi connectivity index (χ0) is 13.1. The van der Waals surface area contributed by atoms with E-state index < -0.39 is 0 Å². The summed E-state index contributed by atoms with van der Waals surface area (Å²) < 4.78 is 1.82. The van der Waals surface area contributed by atoms with Gasteiger partial charge in [0.15, 0.2) is 0 Å². The number of aromatic nitrogens is 3. The van der Waals surface area contributed by atoms with E-state index in [1.54, 1.807) is 6.20 Å². The lowest BCUT2D eigenvalue weighted by atomic mass is 9.97. The minimum Gasteiger partial charge on any atom is -0.275 e. The average molecular weight is 245 g/mol. The van der Waals surface area contributed by atoms with Crippen LogP contribution in [0.25, 0.3) is 0 Å². The molecule has 5 heteroatoms. The summed E-state index contributed by atoms with van der Waals surface area (Å²) in [6.45, 7) is 4.15. The van der Waals surface area contributed by atoms with Crippen LogP contribution in [0.3, 0.4) is 0 Å². The van der Waals surface area contributed by atoms with Crippen LogP contribution in [0, 0.1) is 6.92 Å². The zero-order valence-corrected chi connectivity index (χ0v) is 11.0. The normalized spacial score (nSPS) is 12.7. The molecular weight excluding hydrogens is 226 g/mol. The number of nitrogens with zero attached hydrogens (tertiary/aromatic N) is 3. The van der Waals surface area contributed by atoms with Gasteiger partial charge in [-0.2, -0.15) is 5.10 Å². The van der Waals surface area contributed by atoms with Crippen molar-refractivity contribution in [2.75, 3.05) is 0 Å². The molecule has 0 aromatic carbocycles. The molecule has 2 heterocycles. The predicted octanol–water partition coefficient (Wildman–Crippen LogP) is 1.24. The monoisotopic (exact) mass is 245 g/mol. The third-order valence-corrected chi connectivity index (χ3v) is 3.14. The number of nitrogens with two attached hydrogens (primary N) is 1. The first-order chi connectivity index (χ1) is 8.67. The Morgan fingerprint density at radius 3 is 2.83 bits per heavy atom.